The molecule has 8 heteroatoms. The van der Waals surface area contributed by atoms with Gasteiger partial charge in [0.2, 0.25) is 5.91 Å². The van der Waals surface area contributed by atoms with Gasteiger partial charge < -0.3 is 25.4 Å². The summed E-state index contributed by atoms with van der Waals surface area (Å²) in [7, 11) is 3.25. The number of carbonyl (C=O) groups excluding carboxylic acids is 1. The summed E-state index contributed by atoms with van der Waals surface area (Å²) in [5, 5.41) is 9.38. The molecule has 0 aromatic heterocycles. The Morgan fingerprint density at radius 3 is 2.23 bits per heavy atom. The van der Waals surface area contributed by atoms with Crippen molar-refractivity contribution < 1.29 is 14.3 Å². The van der Waals surface area contributed by atoms with Gasteiger partial charge in [-0.3, -0.25) is 4.79 Å². The van der Waals surface area contributed by atoms with Crippen LogP contribution in [0, 0.1) is 0 Å². The Morgan fingerprint density at radius 1 is 0.967 bits per heavy atom. The molecule has 0 radical (unpaired) electrons. The van der Waals surface area contributed by atoms with Crippen molar-refractivity contribution >= 4 is 41.5 Å². The number of hydrogen-bond acceptors (Lipinski definition) is 4. The molecule has 2 aromatic carbocycles. The fourth-order valence-corrected chi connectivity index (χ4v) is 2.77. The second kappa shape index (κ2) is 13.7. The molecule has 3 N–H and O–H groups in total. The number of aliphatic imine (C=N–C) groups is 1. The van der Waals surface area contributed by atoms with Crippen molar-refractivity contribution in [1.29, 1.82) is 0 Å². The van der Waals surface area contributed by atoms with Crippen LogP contribution in [0.3, 0.4) is 0 Å². The summed E-state index contributed by atoms with van der Waals surface area (Å²) in [6.07, 6.45) is 0.848. The number of guanidine groups is 1. The Morgan fingerprint density at radius 2 is 1.63 bits per heavy atom. The van der Waals surface area contributed by atoms with E-state index in [1.54, 1.807) is 14.2 Å². The number of methoxy groups -OCH3 is 2. The fourth-order valence-electron chi connectivity index (χ4n) is 2.77. The van der Waals surface area contributed by atoms with Crippen LogP contribution >= 0.6 is 24.0 Å². The number of amides is 1. The first kappa shape index (κ1) is 25.5. The molecule has 0 fully saturated rings. The highest BCUT2D eigenvalue weighted by Crippen LogP contribution is 2.27. The Bertz CT molecular complexity index is 826. The van der Waals surface area contributed by atoms with E-state index in [0.717, 1.165) is 36.7 Å². The highest BCUT2D eigenvalue weighted by Gasteiger charge is 2.05. The number of rotatable bonds is 9. The first-order chi connectivity index (χ1) is 14.0. The van der Waals surface area contributed by atoms with Crippen LogP contribution in [0.2, 0.25) is 0 Å². The Hall–Kier alpha value is -2.49. The molecule has 0 spiro atoms. The summed E-state index contributed by atoms with van der Waals surface area (Å²) in [6.45, 7) is 5.59. The van der Waals surface area contributed by atoms with Gasteiger partial charge in [0, 0.05) is 25.7 Å². The Labute approximate surface area is 195 Å². The van der Waals surface area contributed by atoms with Crippen LogP contribution in [0.25, 0.3) is 0 Å². The standard InChI is InChI=1S/C22H30N4O3.HI/c1-5-23-22(25-15-18-8-11-20(28-3)21(14-18)29-4)24-13-12-17-6-9-19(10-7-17)26-16(2)27;/h6-11,14H,5,12-13,15H2,1-4H3,(H,26,27)(H2,23,24,25);1H. The van der Waals surface area contributed by atoms with E-state index in [4.69, 9.17) is 9.47 Å². The highest BCUT2D eigenvalue weighted by atomic mass is 127. The van der Waals surface area contributed by atoms with Gasteiger partial charge in [0.25, 0.3) is 0 Å². The highest BCUT2D eigenvalue weighted by molar-refractivity contribution is 14.0. The Kier molecular flexibility index (Phi) is 11.7. The van der Waals surface area contributed by atoms with Gasteiger partial charge in [-0.1, -0.05) is 18.2 Å². The monoisotopic (exact) mass is 526 g/mol. The maximum Gasteiger partial charge on any atom is 0.221 e. The topological polar surface area (TPSA) is 84.0 Å². The van der Waals surface area contributed by atoms with Crippen molar-refractivity contribution in [3.63, 3.8) is 0 Å². The minimum Gasteiger partial charge on any atom is -0.493 e. The fraction of sp³-hybridized carbons (Fsp3) is 0.364. The number of nitrogens with one attached hydrogen (secondary N) is 3. The molecule has 0 atom stereocenters. The molecule has 0 aliphatic rings. The molecule has 0 saturated carbocycles. The summed E-state index contributed by atoms with van der Waals surface area (Å²) in [5.41, 5.74) is 3.02. The summed E-state index contributed by atoms with van der Waals surface area (Å²) < 4.78 is 10.6. The molecule has 1 amide bonds. The zero-order valence-corrected chi connectivity index (χ0v) is 20.3. The van der Waals surface area contributed by atoms with E-state index in [1.807, 2.05) is 49.4 Å². The van der Waals surface area contributed by atoms with Crippen molar-refractivity contribution in [2.45, 2.75) is 26.8 Å². The van der Waals surface area contributed by atoms with Gasteiger partial charge in [0.15, 0.2) is 17.5 Å². The van der Waals surface area contributed by atoms with E-state index in [9.17, 15) is 4.79 Å². The summed E-state index contributed by atoms with van der Waals surface area (Å²) in [4.78, 5) is 15.7. The first-order valence-electron chi connectivity index (χ1n) is 9.65. The molecule has 30 heavy (non-hydrogen) atoms. The maximum absolute atomic E-state index is 11.1. The minimum absolute atomic E-state index is 0. The van der Waals surface area contributed by atoms with Crippen LogP contribution in [0.5, 0.6) is 11.5 Å². The summed E-state index contributed by atoms with van der Waals surface area (Å²) in [5.74, 6) is 2.09. The molecule has 7 nitrogen and oxygen atoms in total. The first-order valence-corrected chi connectivity index (χ1v) is 9.65. The maximum atomic E-state index is 11.1. The van der Waals surface area contributed by atoms with Gasteiger partial charge in [-0.2, -0.15) is 0 Å². The molecule has 0 bridgehead atoms. The molecule has 0 saturated heterocycles. The number of nitrogens with zero attached hydrogens (tertiary/aromatic N) is 1. The van der Waals surface area contributed by atoms with Gasteiger partial charge >= 0.3 is 0 Å². The molecule has 164 valence electrons. The summed E-state index contributed by atoms with van der Waals surface area (Å²) >= 11 is 0. The third-order valence-corrected chi connectivity index (χ3v) is 4.19. The number of benzene rings is 2. The molecular formula is C22H31IN4O3. The van der Waals surface area contributed by atoms with Crippen LogP contribution in [0.4, 0.5) is 5.69 Å². The lowest BCUT2D eigenvalue weighted by atomic mass is 10.1. The van der Waals surface area contributed by atoms with Gasteiger partial charge in [0.1, 0.15) is 0 Å². The quantitative estimate of drug-likeness (QED) is 0.265. The second-order valence-corrected chi connectivity index (χ2v) is 6.44. The molecule has 0 aliphatic heterocycles. The lowest BCUT2D eigenvalue weighted by Crippen LogP contribution is -2.38. The third-order valence-electron chi connectivity index (χ3n) is 4.19. The normalized spacial score (nSPS) is 10.6. The molecule has 0 unspecified atom stereocenters. The largest absolute Gasteiger partial charge is 0.493 e. The molecule has 2 rings (SSSR count). The summed E-state index contributed by atoms with van der Waals surface area (Å²) in [6, 6.07) is 13.6. The van der Waals surface area contributed by atoms with E-state index < -0.39 is 0 Å². The second-order valence-electron chi connectivity index (χ2n) is 6.44. The van der Waals surface area contributed by atoms with Crippen molar-refractivity contribution in [3.8, 4) is 11.5 Å². The van der Waals surface area contributed by atoms with E-state index >= 15 is 0 Å². The van der Waals surface area contributed by atoms with E-state index in [0.29, 0.717) is 18.0 Å². The third kappa shape index (κ3) is 8.48. The predicted octanol–water partition coefficient (Wildman–Crippen LogP) is 3.58. The zero-order chi connectivity index (χ0) is 21.1. The lowest BCUT2D eigenvalue weighted by molar-refractivity contribution is -0.114. The van der Waals surface area contributed by atoms with Gasteiger partial charge in [-0.25, -0.2) is 4.99 Å². The smallest absolute Gasteiger partial charge is 0.221 e. The van der Waals surface area contributed by atoms with Crippen LogP contribution < -0.4 is 25.4 Å². The van der Waals surface area contributed by atoms with Crippen LogP contribution in [0.1, 0.15) is 25.0 Å². The van der Waals surface area contributed by atoms with Crippen molar-refractivity contribution in [2.75, 3.05) is 32.6 Å². The minimum atomic E-state index is -0.0691. The molecule has 0 heterocycles. The number of carbonyl (C=O) groups is 1. The van der Waals surface area contributed by atoms with Gasteiger partial charge in [0.05, 0.1) is 20.8 Å². The average Bonchev–Trinajstić information content (AvgIpc) is 2.72. The number of anilines is 1. The predicted molar refractivity (Wildman–Crippen MR) is 132 cm³/mol. The van der Waals surface area contributed by atoms with Crippen molar-refractivity contribution in [2.24, 2.45) is 4.99 Å². The van der Waals surface area contributed by atoms with Crippen LogP contribution in [-0.2, 0) is 17.8 Å². The molecule has 0 aliphatic carbocycles. The van der Waals surface area contributed by atoms with E-state index in [2.05, 4.69) is 20.9 Å². The number of halogens is 1. The lowest BCUT2D eigenvalue weighted by Gasteiger charge is -2.12. The van der Waals surface area contributed by atoms with Crippen LogP contribution in [0.15, 0.2) is 47.5 Å². The molecule has 2 aromatic rings. The SMILES string of the molecule is CCNC(=NCc1ccc(OC)c(OC)c1)NCCc1ccc(NC(C)=O)cc1.I. The van der Waals surface area contributed by atoms with Crippen molar-refractivity contribution in [1.82, 2.24) is 10.6 Å². The molecular weight excluding hydrogens is 495 g/mol. The van der Waals surface area contributed by atoms with Gasteiger partial charge in [-0.15, -0.1) is 24.0 Å². The average molecular weight is 526 g/mol. The zero-order valence-electron chi connectivity index (χ0n) is 18.0. The van der Waals surface area contributed by atoms with Gasteiger partial charge in [-0.05, 0) is 48.7 Å². The van der Waals surface area contributed by atoms with Crippen LogP contribution in [-0.4, -0.2) is 39.2 Å². The number of hydrogen-bond donors (Lipinski definition) is 3. The van der Waals surface area contributed by atoms with E-state index in [-0.39, 0.29) is 29.9 Å². The number of ether oxygens (including phenoxy) is 2. The van der Waals surface area contributed by atoms with E-state index in [1.165, 1.54) is 12.5 Å². The Balaban J connectivity index is 0.00000450. The van der Waals surface area contributed by atoms with Crippen molar-refractivity contribution in [3.05, 3.63) is 53.6 Å².